The predicted octanol–water partition coefficient (Wildman–Crippen LogP) is 4.19. The van der Waals surface area contributed by atoms with E-state index in [9.17, 15) is 18.8 Å². The van der Waals surface area contributed by atoms with Crippen LogP contribution in [0.1, 0.15) is 42.0 Å². The van der Waals surface area contributed by atoms with Crippen LogP contribution < -0.4 is 11.1 Å². The van der Waals surface area contributed by atoms with E-state index in [-0.39, 0.29) is 25.2 Å². The van der Waals surface area contributed by atoms with Crippen LogP contribution in [0.5, 0.6) is 0 Å². The highest BCUT2D eigenvalue weighted by Gasteiger charge is 2.40. The van der Waals surface area contributed by atoms with Crippen LogP contribution in [0.4, 0.5) is 10.1 Å². The number of nitrogens with one attached hydrogen (secondary N) is 1. The first-order valence-corrected chi connectivity index (χ1v) is 13.7. The molecule has 3 N–H and O–H groups in total. The largest absolute Gasteiger partial charge is 0.364 e. The highest BCUT2D eigenvalue weighted by molar-refractivity contribution is 6.05. The first-order valence-electron chi connectivity index (χ1n) is 13.7. The molecule has 10 nitrogen and oxygen atoms in total. The van der Waals surface area contributed by atoms with Crippen LogP contribution in [-0.4, -0.2) is 60.9 Å². The van der Waals surface area contributed by atoms with E-state index in [4.69, 9.17) is 5.73 Å². The van der Waals surface area contributed by atoms with E-state index < -0.39 is 29.9 Å². The highest BCUT2D eigenvalue weighted by atomic mass is 19.1. The number of para-hydroxylation sites is 2. The summed E-state index contributed by atoms with van der Waals surface area (Å²) in [6, 6.07) is 13.4. The van der Waals surface area contributed by atoms with Gasteiger partial charge in [-0.2, -0.15) is 10.2 Å². The lowest BCUT2D eigenvalue weighted by Crippen LogP contribution is -2.44. The second kappa shape index (κ2) is 11.8. The summed E-state index contributed by atoms with van der Waals surface area (Å²) in [6.45, 7) is 5.19. The summed E-state index contributed by atoms with van der Waals surface area (Å²) in [5.74, 6) is -1.74. The number of primary amides is 1. The highest BCUT2D eigenvalue weighted by Crippen LogP contribution is 2.28. The third-order valence-electron chi connectivity index (χ3n) is 7.35. The van der Waals surface area contributed by atoms with Crippen LogP contribution >= 0.6 is 0 Å². The number of anilines is 1. The number of aryl methyl sites for hydroxylation is 1. The summed E-state index contributed by atoms with van der Waals surface area (Å²) in [5.41, 5.74) is 10.00. The Labute approximate surface area is 242 Å². The molecule has 1 aliphatic rings. The Kier molecular flexibility index (Phi) is 8.01. The molecule has 2 aromatic carbocycles. The number of halogens is 1. The summed E-state index contributed by atoms with van der Waals surface area (Å²) in [5, 5.41) is 12.0. The standard InChI is InChI=1S/C31H32FN7O3/c1-4-8-20(5-2)21-11-12-25-23(15-21)29(30(33)41)36-38(25)18-28(40)37-17-22(32)16-27(37)31(42)35-24-9-6-7-10-26(24)39-19(3)13-14-34-39/h4-15,22,27H,16-18H2,1-3H3,(H2,33,41)(H,35,42)/b8-4-,20-5+/t22-,27+/m1/s1. The molecule has 11 heteroatoms. The Morgan fingerprint density at radius 3 is 2.62 bits per heavy atom. The van der Waals surface area contributed by atoms with Crippen molar-refractivity contribution in [3.63, 3.8) is 0 Å². The fourth-order valence-corrected chi connectivity index (χ4v) is 5.33. The third-order valence-corrected chi connectivity index (χ3v) is 7.35. The van der Waals surface area contributed by atoms with Crippen LogP contribution in [0.25, 0.3) is 22.2 Å². The number of amides is 3. The molecule has 216 valence electrons. The summed E-state index contributed by atoms with van der Waals surface area (Å²) < 4.78 is 17.7. The molecule has 5 rings (SSSR count). The SMILES string of the molecule is C/C=C\C(=C/C)c1ccc2c(c1)c(C(N)=O)nn2CC(=O)N1C[C@H](F)C[C@H]1C(=O)Nc1ccccc1-n1nccc1C. The average Bonchev–Trinajstić information content (AvgIpc) is 3.68. The van der Waals surface area contributed by atoms with Crippen molar-refractivity contribution in [3.8, 4) is 5.69 Å². The van der Waals surface area contributed by atoms with E-state index in [1.165, 1.54) is 9.58 Å². The predicted molar refractivity (Wildman–Crippen MR) is 159 cm³/mol. The first kappa shape index (κ1) is 28.5. The number of likely N-dealkylation sites (tertiary alicyclic amines) is 1. The summed E-state index contributed by atoms with van der Waals surface area (Å²) in [7, 11) is 0. The van der Waals surface area contributed by atoms with Gasteiger partial charge in [-0.1, -0.05) is 36.4 Å². The van der Waals surface area contributed by atoms with Gasteiger partial charge in [0.2, 0.25) is 11.8 Å². The van der Waals surface area contributed by atoms with Gasteiger partial charge < -0.3 is 16.0 Å². The van der Waals surface area contributed by atoms with Crippen molar-refractivity contribution in [3.05, 3.63) is 89.9 Å². The van der Waals surface area contributed by atoms with Crippen molar-refractivity contribution in [2.24, 2.45) is 5.73 Å². The van der Waals surface area contributed by atoms with Crippen molar-refractivity contribution in [1.82, 2.24) is 24.5 Å². The molecule has 1 aliphatic heterocycles. The molecule has 2 atom stereocenters. The summed E-state index contributed by atoms with van der Waals surface area (Å²) >= 11 is 0. The molecule has 0 radical (unpaired) electrons. The van der Waals surface area contributed by atoms with E-state index in [1.54, 1.807) is 35.1 Å². The first-order chi connectivity index (χ1) is 20.2. The number of benzene rings is 2. The Balaban J connectivity index is 1.40. The minimum atomic E-state index is -1.36. The van der Waals surface area contributed by atoms with Gasteiger partial charge in [-0.15, -0.1) is 0 Å². The van der Waals surface area contributed by atoms with Crippen LogP contribution in [0.15, 0.2) is 73.0 Å². The summed E-state index contributed by atoms with van der Waals surface area (Å²) in [4.78, 5) is 40.4. The fraction of sp³-hybridized carbons (Fsp3) is 0.258. The fourth-order valence-electron chi connectivity index (χ4n) is 5.33. The number of alkyl halides is 1. The van der Waals surface area contributed by atoms with Crippen molar-refractivity contribution in [2.75, 3.05) is 11.9 Å². The minimum Gasteiger partial charge on any atom is -0.364 e. The topological polar surface area (TPSA) is 128 Å². The van der Waals surface area contributed by atoms with Gasteiger partial charge in [0.25, 0.3) is 5.91 Å². The Hall–Kier alpha value is -5.06. The van der Waals surface area contributed by atoms with E-state index >= 15 is 0 Å². The molecule has 0 saturated carbocycles. The molecule has 4 aromatic rings. The van der Waals surface area contributed by atoms with Crippen molar-refractivity contribution >= 4 is 39.9 Å². The van der Waals surface area contributed by atoms with Gasteiger partial charge >= 0.3 is 0 Å². The van der Waals surface area contributed by atoms with Crippen molar-refractivity contribution in [2.45, 2.75) is 46.0 Å². The maximum absolute atomic E-state index is 14.7. The molecule has 1 saturated heterocycles. The number of rotatable bonds is 8. The van der Waals surface area contributed by atoms with Crippen LogP contribution in [0.3, 0.4) is 0 Å². The molecular formula is C31H32FN7O3. The zero-order valence-corrected chi connectivity index (χ0v) is 23.6. The second-order valence-electron chi connectivity index (χ2n) is 10.1. The Morgan fingerprint density at radius 1 is 1.14 bits per heavy atom. The van der Waals surface area contributed by atoms with E-state index in [2.05, 4.69) is 15.5 Å². The summed E-state index contributed by atoms with van der Waals surface area (Å²) in [6.07, 6.45) is 5.96. The molecule has 3 amide bonds. The van der Waals surface area contributed by atoms with Gasteiger partial charge in [0.15, 0.2) is 5.69 Å². The molecule has 0 spiro atoms. The minimum absolute atomic E-state index is 0.0280. The average molecular weight is 570 g/mol. The number of hydrogen-bond acceptors (Lipinski definition) is 5. The molecule has 2 aromatic heterocycles. The quantitative estimate of drug-likeness (QED) is 0.308. The van der Waals surface area contributed by atoms with E-state index in [0.717, 1.165) is 16.8 Å². The van der Waals surface area contributed by atoms with Gasteiger partial charge in [0.1, 0.15) is 18.8 Å². The zero-order chi connectivity index (χ0) is 30.0. The Bertz CT molecular complexity index is 1740. The normalized spacial score (nSPS) is 17.3. The Morgan fingerprint density at radius 2 is 1.93 bits per heavy atom. The van der Waals surface area contributed by atoms with Gasteiger partial charge in [0.05, 0.1) is 23.4 Å². The molecule has 42 heavy (non-hydrogen) atoms. The lowest BCUT2D eigenvalue weighted by atomic mass is 10.0. The number of carbonyl (C=O) groups excluding carboxylic acids is 3. The maximum atomic E-state index is 14.7. The number of carbonyl (C=O) groups is 3. The second-order valence-corrected chi connectivity index (χ2v) is 10.1. The van der Waals surface area contributed by atoms with Crippen molar-refractivity contribution < 1.29 is 18.8 Å². The van der Waals surface area contributed by atoms with Gasteiger partial charge in [-0.3, -0.25) is 19.1 Å². The molecule has 3 heterocycles. The molecular weight excluding hydrogens is 537 g/mol. The van der Waals surface area contributed by atoms with E-state index in [1.807, 2.05) is 63.3 Å². The maximum Gasteiger partial charge on any atom is 0.269 e. The molecule has 1 fully saturated rings. The van der Waals surface area contributed by atoms with E-state index in [0.29, 0.717) is 22.3 Å². The van der Waals surface area contributed by atoms with Crippen LogP contribution in [0.2, 0.25) is 0 Å². The lowest BCUT2D eigenvalue weighted by molar-refractivity contribution is -0.137. The lowest BCUT2D eigenvalue weighted by Gasteiger charge is -2.24. The van der Waals surface area contributed by atoms with Gasteiger partial charge in [-0.25, -0.2) is 9.07 Å². The number of nitrogens with two attached hydrogens (primary N) is 1. The van der Waals surface area contributed by atoms with Crippen LogP contribution in [0, 0.1) is 6.92 Å². The number of hydrogen-bond donors (Lipinski definition) is 2. The zero-order valence-electron chi connectivity index (χ0n) is 23.6. The van der Waals surface area contributed by atoms with Gasteiger partial charge in [0, 0.05) is 23.7 Å². The third kappa shape index (κ3) is 5.45. The number of fused-ring (bicyclic) bond motifs is 1. The van der Waals surface area contributed by atoms with Crippen molar-refractivity contribution in [1.29, 1.82) is 0 Å². The monoisotopic (exact) mass is 569 g/mol. The number of nitrogens with zero attached hydrogens (tertiary/aromatic N) is 5. The number of allylic oxidation sites excluding steroid dienone is 4. The van der Waals surface area contributed by atoms with Gasteiger partial charge in [-0.05, 0) is 62.2 Å². The smallest absolute Gasteiger partial charge is 0.269 e. The molecule has 0 bridgehead atoms. The molecule has 0 unspecified atom stereocenters. The van der Waals surface area contributed by atoms with Crippen LogP contribution in [-0.2, 0) is 16.1 Å². The number of aromatic nitrogens is 4. The molecule has 0 aliphatic carbocycles.